The van der Waals surface area contributed by atoms with E-state index in [1.807, 2.05) is 19.9 Å². The van der Waals surface area contributed by atoms with Gasteiger partial charge in [-0.2, -0.15) is 0 Å². The zero-order chi connectivity index (χ0) is 19.8. The SMILES string of the molecule is COc1cc(CNc2nc(C)nc(C)c2N)c(F)cc1C1CN2CCC1CC2. The van der Waals surface area contributed by atoms with E-state index in [0.29, 0.717) is 40.4 Å². The molecular weight excluding hydrogens is 357 g/mol. The quantitative estimate of drug-likeness (QED) is 0.823. The zero-order valence-electron chi connectivity index (χ0n) is 16.8. The van der Waals surface area contributed by atoms with Crippen LogP contribution in [0, 0.1) is 25.6 Å². The van der Waals surface area contributed by atoms with E-state index >= 15 is 0 Å². The number of hydrogen-bond acceptors (Lipinski definition) is 6. The molecule has 3 aliphatic heterocycles. The van der Waals surface area contributed by atoms with Gasteiger partial charge in [0.2, 0.25) is 0 Å². The number of nitrogen functional groups attached to an aromatic ring is 1. The van der Waals surface area contributed by atoms with Gasteiger partial charge in [-0.15, -0.1) is 0 Å². The van der Waals surface area contributed by atoms with E-state index in [2.05, 4.69) is 20.2 Å². The number of aromatic nitrogens is 2. The Morgan fingerprint density at radius 3 is 2.64 bits per heavy atom. The molecule has 3 N–H and O–H groups in total. The minimum atomic E-state index is -0.221. The summed E-state index contributed by atoms with van der Waals surface area (Å²) in [7, 11) is 1.66. The molecule has 1 atom stereocenters. The average Bonchev–Trinajstić information content (AvgIpc) is 2.70. The van der Waals surface area contributed by atoms with Crippen molar-refractivity contribution in [2.24, 2.45) is 5.92 Å². The van der Waals surface area contributed by atoms with Crippen molar-refractivity contribution in [1.29, 1.82) is 0 Å². The zero-order valence-corrected chi connectivity index (χ0v) is 16.8. The van der Waals surface area contributed by atoms with Crippen molar-refractivity contribution < 1.29 is 9.13 Å². The Kier molecular flexibility index (Phi) is 5.10. The summed E-state index contributed by atoms with van der Waals surface area (Å²) in [5.41, 5.74) is 8.79. The van der Waals surface area contributed by atoms with Crippen molar-refractivity contribution in [1.82, 2.24) is 14.9 Å². The van der Waals surface area contributed by atoms with Gasteiger partial charge in [0.25, 0.3) is 0 Å². The van der Waals surface area contributed by atoms with E-state index in [1.54, 1.807) is 13.2 Å². The molecule has 0 spiro atoms. The number of methoxy groups -OCH3 is 1. The molecule has 0 saturated carbocycles. The Hall–Kier alpha value is -2.41. The summed E-state index contributed by atoms with van der Waals surface area (Å²) < 4.78 is 20.6. The second-order valence-corrected chi connectivity index (χ2v) is 7.90. The minimum Gasteiger partial charge on any atom is -0.496 e. The first-order chi connectivity index (χ1) is 13.5. The number of hydrogen-bond donors (Lipinski definition) is 2. The third-order valence-electron chi connectivity index (χ3n) is 6.15. The second-order valence-electron chi connectivity index (χ2n) is 7.90. The molecule has 1 aromatic carbocycles. The van der Waals surface area contributed by atoms with Gasteiger partial charge in [-0.05, 0) is 57.8 Å². The summed E-state index contributed by atoms with van der Waals surface area (Å²) in [6.07, 6.45) is 2.37. The number of ether oxygens (including phenoxy) is 1. The van der Waals surface area contributed by atoms with E-state index in [9.17, 15) is 4.39 Å². The molecule has 1 unspecified atom stereocenters. The Morgan fingerprint density at radius 2 is 2.00 bits per heavy atom. The van der Waals surface area contributed by atoms with E-state index in [4.69, 9.17) is 10.5 Å². The van der Waals surface area contributed by atoms with E-state index < -0.39 is 0 Å². The van der Waals surface area contributed by atoms with Crippen molar-refractivity contribution in [3.63, 3.8) is 0 Å². The van der Waals surface area contributed by atoms with Crippen LogP contribution in [-0.2, 0) is 6.54 Å². The van der Waals surface area contributed by atoms with Crippen LogP contribution < -0.4 is 15.8 Å². The first-order valence-electron chi connectivity index (χ1n) is 9.89. The van der Waals surface area contributed by atoms with Gasteiger partial charge in [-0.1, -0.05) is 0 Å². The van der Waals surface area contributed by atoms with Crippen LogP contribution in [0.15, 0.2) is 12.1 Å². The van der Waals surface area contributed by atoms with Crippen LogP contribution >= 0.6 is 0 Å². The molecule has 3 aliphatic rings. The lowest BCUT2D eigenvalue weighted by Crippen LogP contribution is -2.46. The predicted octanol–water partition coefficient (Wildman–Crippen LogP) is 3.24. The lowest BCUT2D eigenvalue weighted by Gasteiger charge is -2.45. The topological polar surface area (TPSA) is 76.3 Å². The van der Waals surface area contributed by atoms with Gasteiger partial charge in [-0.3, -0.25) is 0 Å². The monoisotopic (exact) mass is 385 g/mol. The number of benzene rings is 1. The fraction of sp³-hybridized carbons (Fsp3) is 0.524. The van der Waals surface area contributed by atoms with E-state index in [-0.39, 0.29) is 12.4 Å². The first kappa shape index (κ1) is 18.9. The van der Waals surface area contributed by atoms with Crippen molar-refractivity contribution in [2.75, 3.05) is 37.8 Å². The summed E-state index contributed by atoms with van der Waals surface area (Å²) in [6.45, 7) is 7.24. The highest BCUT2D eigenvalue weighted by molar-refractivity contribution is 5.63. The van der Waals surface area contributed by atoms with Gasteiger partial charge < -0.3 is 20.7 Å². The summed E-state index contributed by atoms with van der Waals surface area (Å²) in [6, 6.07) is 3.48. The van der Waals surface area contributed by atoms with Crippen molar-refractivity contribution >= 4 is 11.5 Å². The summed E-state index contributed by atoms with van der Waals surface area (Å²) >= 11 is 0. The minimum absolute atomic E-state index is 0.221. The van der Waals surface area contributed by atoms with Gasteiger partial charge in [0, 0.05) is 30.1 Å². The molecule has 3 saturated heterocycles. The standard InChI is InChI=1S/C21H28FN5O/c1-12-20(23)21(26-13(2)25-12)24-10-15-8-19(28-3)16(9-18(15)22)17-11-27-6-4-14(17)5-7-27/h8-9,14,17H,4-7,10-11,23H2,1-3H3,(H,24,25,26). The number of fused-ring (bicyclic) bond motifs is 3. The third kappa shape index (κ3) is 3.51. The number of rotatable bonds is 5. The van der Waals surface area contributed by atoms with Crippen molar-refractivity contribution in [3.8, 4) is 5.75 Å². The van der Waals surface area contributed by atoms with Crippen molar-refractivity contribution in [3.05, 3.63) is 40.6 Å². The second kappa shape index (κ2) is 7.54. The van der Waals surface area contributed by atoms with Gasteiger partial charge in [0.05, 0.1) is 18.5 Å². The Bertz CT molecular complexity index is 880. The van der Waals surface area contributed by atoms with Crippen LogP contribution in [0.3, 0.4) is 0 Å². The molecule has 1 aromatic heterocycles. The number of nitrogens with two attached hydrogens (primary N) is 1. The van der Waals surface area contributed by atoms with Crippen LogP contribution in [0.1, 0.15) is 41.4 Å². The van der Waals surface area contributed by atoms with E-state index in [0.717, 1.165) is 30.9 Å². The van der Waals surface area contributed by atoms with Crippen LogP contribution in [-0.4, -0.2) is 41.6 Å². The normalized spacial score (nSPS) is 23.6. The number of nitrogens with one attached hydrogen (secondary N) is 1. The number of nitrogens with zero attached hydrogens (tertiary/aromatic N) is 3. The highest BCUT2D eigenvalue weighted by Crippen LogP contribution is 2.42. The fourth-order valence-electron chi connectivity index (χ4n) is 4.57. The van der Waals surface area contributed by atoms with E-state index in [1.165, 1.54) is 12.8 Å². The highest BCUT2D eigenvalue weighted by Gasteiger charge is 2.36. The number of halogens is 1. The summed E-state index contributed by atoms with van der Waals surface area (Å²) in [5, 5.41) is 3.15. The van der Waals surface area contributed by atoms with Gasteiger partial charge in [0.1, 0.15) is 17.4 Å². The molecule has 3 fully saturated rings. The number of piperidine rings is 3. The van der Waals surface area contributed by atoms with Crippen LogP contribution in [0.2, 0.25) is 0 Å². The van der Waals surface area contributed by atoms with Crippen LogP contribution in [0.25, 0.3) is 0 Å². The highest BCUT2D eigenvalue weighted by atomic mass is 19.1. The van der Waals surface area contributed by atoms with Crippen molar-refractivity contribution in [2.45, 2.75) is 39.2 Å². The molecule has 6 nitrogen and oxygen atoms in total. The van der Waals surface area contributed by atoms with Crippen LogP contribution in [0.5, 0.6) is 5.75 Å². The Labute approximate surface area is 165 Å². The lowest BCUT2D eigenvalue weighted by atomic mass is 9.75. The number of aryl methyl sites for hydroxylation is 2. The van der Waals surface area contributed by atoms with Gasteiger partial charge in [-0.25, -0.2) is 14.4 Å². The molecule has 28 heavy (non-hydrogen) atoms. The maximum atomic E-state index is 15.0. The largest absolute Gasteiger partial charge is 0.496 e. The molecule has 4 heterocycles. The summed E-state index contributed by atoms with van der Waals surface area (Å²) in [5.74, 6) is 2.67. The third-order valence-corrected chi connectivity index (χ3v) is 6.15. The summed E-state index contributed by atoms with van der Waals surface area (Å²) in [4.78, 5) is 11.0. The molecule has 2 bridgehead atoms. The Morgan fingerprint density at radius 1 is 1.25 bits per heavy atom. The molecule has 7 heteroatoms. The number of anilines is 2. The first-order valence-corrected chi connectivity index (χ1v) is 9.89. The van der Waals surface area contributed by atoms with Gasteiger partial charge >= 0.3 is 0 Å². The average molecular weight is 385 g/mol. The molecule has 5 rings (SSSR count). The van der Waals surface area contributed by atoms with Crippen LogP contribution in [0.4, 0.5) is 15.9 Å². The predicted molar refractivity (Wildman–Crippen MR) is 108 cm³/mol. The fourth-order valence-corrected chi connectivity index (χ4v) is 4.57. The molecule has 0 radical (unpaired) electrons. The lowest BCUT2D eigenvalue weighted by molar-refractivity contribution is 0.0858. The molecular formula is C21H28FN5O. The maximum absolute atomic E-state index is 15.0. The molecule has 150 valence electrons. The van der Waals surface area contributed by atoms with Gasteiger partial charge in [0.15, 0.2) is 5.82 Å². The molecule has 2 aromatic rings. The smallest absolute Gasteiger partial charge is 0.153 e. The molecule has 0 aliphatic carbocycles. The maximum Gasteiger partial charge on any atom is 0.153 e. The Balaban J connectivity index is 1.58. The molecule has 0 amide bonds.